The molecule has 3 nitrogen and oxygen atoms in total. The van der Waals surface area contributed by atoms with Crippen molar-refractivity contribution in [3.8, 4) is 0 Å². The van der Waals surface area contributed by atoms with Crippen LogP contribution in [-0.4, -0.2) is 18.4 Å². The van der Waals surface area contributed by atoms with Gasteiger partial charge in [0, 0.05) is 11.5 Å². The molecule has 2 atom stereocenters. The van der Waals surface area contributed by atoms with Gasteiger partial charge in [0.2, 0.25) is 5.82 Å². The van der Waals surface area contributed by atoms with E-state index in [-0.39, 0.29) is 13.0 Å². The Morgan fingerprint density at radius 2 is 1.52 bits per heavy atom. The number of hydrogen-bond acceptors (Lipinski definition) is 3. The van der Waals surface area contributed by atoms with Crippen LogP contribution in [0.1, 0.15) is 30.4 Å². The SMILES string of the molecule is CCOC(=O)C1C(=O)C=C(c2ccccc2)CC1c1c(F)c(F)c(F)c(F)c1F. The van der Waals surface area contributed by atoms with E-state index in [0.717, 1.165) is 6.08 Å². The molecule has 1 aliphatic rings. The Bertz CT molecular complexity index is 972. The lowest BCUT2D eigenvalue weighted by atomic mass is 9.73. The maximum atomic E-state index is 14.5. The van der Waals surface area contributed by atoms with Gasteiger partial charge in [-0.2, -0.15) is 0 Å². The molecule has 0 saturated heterocycles. The molecule has 0 N–H and O–H groups in total. The second-order valence-electron chi connectivity index (χ2n) is 6.46. The van der Waals surface area contributed by atoms with Crippen molar-refractivity contribution >= 4 is 17.3 Å². The first kappa shape index (κ1) is 20.7. The highest BCUT2D eigenvalue weighted by Crippen LogP contribution is 2.43. The summed E-state index contributed by atoms with van der Waals surface area (Å²) in [6.07, 6.45) is 0.844. The van der Waals surface area contributed by atoms with Gasteiger partial charge in [0.15, 0.2) is 29.1 Å². The molecular formula is C21H15F5O3. The molecule has 2 aromatic rings. The first-order valence-electron chi connectivity index (χ1n) is 8.75. The molecule has 29 heavy (non-hydrogen) atoms. The summed E-state index contributed by atoms with van der Waals surface area (Å²) in [5.41, 5.74) is -0.364. The van der Waals surface area contributed by atoms with E-state index in [1.807, 2.05) is 0 Å². The van der Waals surface area contributed by atoms with Gasteiger partial charge in [-0.15, -0.1) is 0 Å². The molecular weight excluding hydrogens is 395 g/mol. The molecule has 3 rings (SSSR count). The Morgan fingerprint density at radius 1 is 0.966 bits per heavy atom. The van der Waals surface area contributed by atoms with Crippen molar-refractivity contribution in [3.63, 3.8) is 0 Å². The minimum absolute atomic E-state index is 0.123. The van der Waals surface area contributed by atoms with Crippen LogP contribution in [0.4, 0.5) is 22.0 Å². The monoisotopic (exact) mass is 410 g/mol. The van der Waals surface area contributed by atoms with Crippen molar-refractivity contribution in [2.24, 2.45) is 5.92 Å². The summed E-state index contributed by atoms with van der Waals surface area (Å²) in [4.78, 5) is 25.0. The second-order valence-corrected chi connectivity index (χ2v) is 6.46. The Hall–Kier alpha value is -3.03. The molecule has 0 aliphatic heterocycles. The van der Waals surface area contributed by atoms with E-state index in [9.17, 15) is 31.5 Å². The zero-order valence-electron chi connectivity index (χ0n) is 15.1. The maximum Gasteiger partial charge on any atom is 0.317 e. The molecule has 0 aromatic heterocycles. The molecule has 8 heteroatoms. The Labute approximate surface area is 162 Å². The number of ketones is 1. The summed E-state index contributed by atoms with van der Waals surface area (Å²) in [5, 5.41) is 0. The van der Waals surface area contributed by atoms with Crippen LogP contribution in [0.15, 0.2) is 36.4 Å². The largest absolute Gasteiger partial charge is 0.465 e. The molecule has 152 valence electrons. The van der Waals surface area contributed by atoms with E-state index in [4.69, 9.17) is 4.74 Å². The molecule has 2 unspecified atom stereocenters. The van der Waals surface area contributed by atoms with E-state index in [0.29, 0.717) is 11.1 Å². The van der Waals surface area contributed by atoms with Gasteiger partial charge in [-0.1, -0.05) is 30.3 Å². The zero-order chi connectivity index (χ0) is 21.3. The standard InChI is InChI=1S/C21H15F5O3/c1-2-29-21(28)14-12(15-16(22)18(24)20(26)19(25)17(15)23)8-11(9-13(14)27)10-6-4-3-5-7-10/h3-7,9,12,14H,2,8H2,1H3. The van der Waals surface area contributed by atoms with E-state index in [2.05, 4.69) is 0 Å². The quantitative estimate of drug-likeness (QED) is 0.241. The Kier molecular flexibility index (Phi) is 5.81. The molecule has 0 bridgehead atoms. The molecule has 0 fully saturated rings. The van der Waals surface area contributed by atoms with Crippen molar-refractivity contribution < 1.29 is 36.3 Å². The molecule has 0 spiro atoms. The number of hydrogen-bond donors (Lipinski definition) is 0. The van der Waals surface area contributed by atoms with Crippen molar-refractivity contribution in [1.82, 2.24) is 0 Å². The van der Waals surface area contributed by atoms with Crippen LogP contribution in [0.5, 0.6) is 0 Å². The summed E-state index contributed by atoms with van der Waals surface area (Å²) < 4.78 is 74.7. The summed E-state index contributed by atoms with van der Waals surface area (Å²) in [6, 6.07) is 8.27. The summed E-state index contributed by atoms with van der Waals surface area (Å²) >= 11 is 0. The molecule has 0 radical (unpaired) electrons. The van der Waals surface area contributed by atoms with Gasteiger partial charge in [0.25, 0.3) is 0 Å². The van der Waals surface area contributed by atoms with E-state index >= 15 is 0 Å². The van der Waals surface area contributed by atoms with E-state index in [1.165, 1.54) is 6.92 Å². The van der Waals surface area contributed by atoms with Gasteiger partial charge >= 0.3 is 5.97 Å². The Morgan fingerprint density at radius 3 is 2.07 bits per heavy atom. The number of rotatable bonds is 4. The lowest BCUT2D eigenvalue weighted by Crippen LogP contribution is -2.35. The third-order valence-electron chi connectivity index (χ3n) is 4.76. The van der Waals surface area contributed by atoms with Gasteiger partial charge in [0.1, 0.15) is 5.92 Å². The smallest absolute Gasteiger partial charge is 0.317 e. The van der Waals surface area contributed by atoms with Gasteiger partial charge in [0.05, 0.1) is 6.61 Å². The number of ether oxygens (including phenoxy) is 1. The molecule has 0 saturated carbocycles. The maximum absolute atomic E-state index is 14.5. The van der Waals surface area contributed by atoms with E-state index < -0.39 is 58.2 Å². The lowest BCUT2D eigenvalue weighted by Gasteiger charge is -2.30. The summed E-state index contributed by atoms with van der Waals surface area (Å²) in [5.74, 6) is -16.0. The van der Waals surface area contributed by atoms with Crippen LogP contribution < -0.4 is 0 Å². The van der Waals surface area contributed by atoms with Crippen LogP contribution in [0.25, 0.3) is 5.57 Å². The van der Waals surface area contributed by atoms with Gasteiger partial charge < -0.3 is 4.74 Å². The van der Waals surface area contributed by atoms with Gasteiger partial charge in [-0.05, 0) is 30.6 Å². The topological polar surface area (TPSA) is 43.4 Å². The molecule has 2 aromatic carbocycles. The minimum atomic E-state index is -2.31. The number of esters is 1. The second kappa shape index (κ2) is 8.14. The summed E-state index contributed by atoms with van der Waals surface area (Å²) in [7, 11) is 0. The lowest BCUT2D eigenvalue weighted by molar-refractivity contribution is -0.151. The third kappa shape index (κ3) is 3.66. The molecule has 0 amide bonds. The summed E-state index contributed by atoms with van der Waals surface area (Å²) in [6.45, 7) is 1.34. The number of carbonyl (C=O) groups is 2. The predicted octanol–water partition coefficient (Wildman–Crippen LogP) is 4.70. The van der Waals surface area contributed by atoms with Crippen LogP contribution in [0.3, 0.4) is 0 Å². The van der Waals surface area contributed by atoms with Crippen LogP contribution >= 0.6 is 0 Å². The van der Waals surface area contributed by atoms with Crippen molar-refractivity contribution in [2.75, 3.05) is 6.61 Å². The highest BCUT2D eigenvalue weighted by atomic mass is 19.2. The van der Waals surface area contributed by atoms with Crippen molar-refractivity contribution in [2.45, 2.75) is 19.3 Å². The van der Waals surface area contributed by atoms with Crippen LogP contribution in [0.2, 0.25) is 0 Å². The normalized spacial score (nSPS) is 19.1. The zero-order valence-corrected chi connectivity index (χ0v) is 15.1. The third-order valence-corrected chi connectivity index (χ3v) is 4.76. The number of allylic oxidation sites excluding steroid dienone is 2. The van der Waals surface area contributed by atoms with Crippen molar-refractivity contribution in [3.05, 3.63) is 76.6 Å². The fourth-order valence-corrected chi connectivity index (χ4v) is 3.46. The van der Waals surface area contributed by atoms with Crippen LogP contribution in [-0.2, 0) is 14.3 Å². The van der Waals surface area contributed by atoms with E-state index in [1.54, 1.807) is 30.3 Å². The van der Waals surface area contributed by atoms with Gasteiger partial charge in [-0.3, -0.25) is 9.59 Å². The first-order valence-corrected chi connectivity index (χ1v) is 8.75. The number of carbonyl (C=O) groups excluding carboxylic acids is 2. The highest BCUT2D eigenvalue weighted by molar-refractivity contribution is 6.10. The predicted molar refractivity (Wildman–Crippen MR) is 93.1 cm³/mol. The van der Waals surface area contributed by atoms with Crippen LogP contribution in [0, 0.1) is 35.0 Å². The van der Waals surface area contributed by atoms with Gasteiger partial charge in [-0.25, -0.2) is 22.0 Å². The first-order chi connectivity index (χ1) is 13.8. The van der Waals surface area contributed by atoms with Crippen molar-refractivity contribution in [1.29, 1.82) is 0 Å². The number of halogens is 5. The highest BCUT2D eigenvalue weighted by Gasteiger charge is 2.44. The average Bonchev–Trinajstić information content (AvgIpc) is 2.71. The number of benzene rings is 2. The minimum Gasteiger partial charge on any atom is -0.465 e. The fourth-order valence-electron chi connectivity index (χ4n) is 3.46. The Balaban J connectivity index is 2.20. The average molecular weight is 410 g/mol. The fraction of sp³-hybridized carbons (Fsp3) is 0.238. The molecule has 1 aliphatic carbocycles. The molecule has 0 heterocycles.